The molecule has 1 saturated heterocycles. The average Bonchev–Trinajstić information content (AvgIpc) is 3.24. The van der Waals surface area contributed by atoms with E-state index in [0.29, 0.717) is 49.1 Å². The van der Waals surface area contributed by atoms with E-state index in [2.05, 4.69) is 20.6 Å². The zero-order chi connectivity index (χ0) is 23.6. The van der Waals surface area contributed by atoms with Gasteiger partial charge in [0.15, 0.2) is 5.65 Å². The molecule has 1 amide bonds. The Bertz CT molecular complexity index is 1010. The molecule has 0 unspecified atom stereocenters. The van der Waals surface area contributed by atoms with E-state index in [1.807, 2.05) is 4.90 Å². The number of anilines is 1. The first-order chi connectivity index (χ1) is 15.7. The summed E-state index contributed by atoms with van der Waals surface area (Å²) in [4.78, 5) is 27.5. The number of nitrogens with one attached hydrogen (secondary N) is 1. The van der Waals surface area contributed by atoms with Crippen LogP contribution < -0.4 is 10.2 Å². The van der Waals surface area contributed by atoms with E-state index in [1.165, 1.54) is 6.07 Å². The number of alkyl halides is 3. The summed E-state index contributed by atoms with van der Waals surface area (Å²) in [5.74, 6) is -1.65. The van der Waals surface area contributed by atoms with E-state index in [0.717, 1.165) is 19.3 Å². The van der Waals surface area contributed by atoms with Crippen molar-refractivity contribution in [3.05, 3.63) is 18.0 Å². The summed E-state index contributed by atoms with van der Waals surface area (Å²) in [6.45, 7) is 2.91. The normalized spacial score (nSPS) is 19.5. The zero-order valence-corrected chi connectivity index (χ0v) is 18.4. The van der Waals surface area contributed by atoms with Crippen molar-refractivity contribution in [1.82, 2.24) is 25.1 Å². The maximum absolute atomic E-state index is 13.1. The number of hydrogen-bond acceptors (Lipinski definition) is 7. The minimum atomic E-state index is -4.66. The van der Waals surface area contributed by atoms with Crippen molar-refractivity contribution >= 4 is 23.3 Å². The molecule has 1 aliphatic heterocycles. The van der Waals surface area contributed by atoms with Crippen LogP contribution in [-0.2, 0) is 20.5 Å². The van der Waals surface area contributed by atoms with Crippen molar-refractivity contribution in [3.8, 4) is 0 Å². The molecule has 2 aliphatic rings. The Morgan fingerprint density at radius 3 is 2.48 bits per heavy atom. The molecule has 2 fully saturated rings. The number of carbonyl (C=O) groups is 2. The zero-order valence-electron chi connectivity index (χ0n) is 18.4. The van der Waals surface area contributed by atoms with E-state index in [1.54, 1.807) is 13.0 Å². The van der Waals surface area contributed by atoms with Crippen molar-refractivity contribution in [1.29, 1.82) is 0 Å². The molecule has 1 aliphatic carbocycles. The van der Waals surface area contributed by atoms with Gasteiger partial charge in [-0.1, -0.05) is 19.3 Å². The standard InChI is InChI=1S/C21H27F3N6O3/c1-2-33-19(32)20(10-4-3-5-11-20)25-17(31)14-8-12-29(13-9-14)16-7-6-15-26-27-18(21(22,23)24)30(15)28-16/h6-7,14H,2-5,8-13H2,1H3,(H,25,31). The van der Waals surface area contributed by atoms with Crippen LogP contribution in [0, 0.1) is 5.92 Å². The van der Waals surface area contributed by atoms with Crippen LogP contribution in [0.2, 0.25) is 0 Å². The van der Waals surface area contributed by atoms with Gasteiger partial charge in [0.2, 0.25) is 5.91 Å². The first kappa shape index (κ1) is 23.2. The largest absolute Gasteiger partial charge is 0.464 e. The molecule has 2 aromatic rings. The molecule has 0 aromatic carbocycles. The van der Waals surface area contributed by atoms with Gasteiger partial charge in [0.05, 0.1) is 6.61 Å². The Labute approximate surface area is 188 Å². The highest BCUT2D eigenvalue weighted by Crippen LogP contribution is 2.32. The fourth-order valence-electron chi connectivity index (χ4n) is 4.64. The van der Waals surface area contributed by atoms with Crippen molar-refractivity contribution in [3.63, 3.8) is 0 Å². The van der Waals surface area contributed by atoms with E-state index in [9.17, 15) is 22.8 Å². The van der Waals surface area contributed by atoms with Crippen LogP contribution in [0.15, 0.2) is 12.1 Å². The second-order valence-electron chi connectivity index (χ2n) is 8.60. The lowest BCUT2D eigenvalue weighted by molar-refractivity contribution is -0.155. The Morgan fingerprint density at radius 1 is 1.15 bits per heavy atom. The van der Waals surface area contributed by atoms with Gasteiger partial charge in [0.1, 0.15) is 11.4 Å². The maximum atomic E-state index is 13.1. The predicted molar refractivity (Wildman–Crippen MR) is 111 cm³/mol. The lowest BCUT2D eigenvalue weighted by Gasteiger charge is -2.38. The number of halogens is 3. The molecule has 0 radical (unpaired) electrons. The van der Waals surface area contributed by atoms with Crippen LogP contribution in [0.3, 0.4) is 0 Å². The first-order valence-electron chi connectivity index (χ1n) is 11.3. The number of esters is 1. The van der Waals surface area contributed by atoms with E-state index in [-0.39, 0.29) is 30.0 Å². The van der Waals surface area contributed by atoms with Crippen LogP contribution in [0.5, 0.6) is 0 Å². The van der Waals surface area contributed by atoms with Crippen molar-refractivity contribution < 1.29 is 27.5 Å². The monoisotopic (exact) mass is 468 g/mol. The molecule has 3 heterocycles. The molecule has 2 aromatic heterocycles. The molecule has 0 spiro atoms. The lowest BCUT2D eigenvalue weighted by atomic mass is 9.80. The third-order valence-electron chi connectivity index (χ3n) is 6.43. The molecule has 1 N–H and O–H groups in total. The smallest absolute Gasteiger partial charge is 0.453 e. The van der Waals surface area contributed by atoms with Gasteiger partial charge in [0, 0.05) is 19.0 Å². The molecule has 33 heavy (non-hydrogen) atoms. The fraction of sp³-hybridized carbons (Fsp3) is 0.667. The summed E-state index contributed by atoms with van der Waals surface area (Å²) in [5, 5.41) is 13.8. The Balaban J connectivity index is 1.42. The second-order valence-corrected chi connectivity index (χ2v) is 8.60. The molecule has 4 rings (SSSR count). The molecule has 0 bridgehead atoms. The van der Waals surface area contributed by atoms with Gasteiger partial charge in [-0.2, -0.15) is 17.7 Å². The quantitative estimate of drug-likeness (QED) is 0.674. The topological polar surface area (TPSA) is 102 Å². The summed E-state index contributed by atoms with van der Waals surface area (Å²) in [6, 6.07) is 3.04. The van der Waals surface area contributed by atoms with Crippen molar-refractivity contribution in [2.75, 3.05) is 24.6 Å². The SMILES string of the molecule is CCOC(=O)C1(NC(=O)C2CCN(c3ccc4nnc(C(F)(F)F)n4n3)CC2)CCCCC1. The van der Waals surface area contributed by atoms with E-state index in [4.69, 9.17) is 4.74 Å². The minimum Gasteiger partial charge on any atom is -0.464 e. The molecule has 1 saturated carbocycles. The van der Waals surface area contributed by atoms with E-state index < -0.39 is 17.5 Å². The molecule has 0 atom stereocenters. The summed E-state index contributed by atoms with van der Waals surface area (Å²) in [5.41, 5.74) is -0.950. The highest BCUT2D eigenvalue weighted by atomic mass is 19.4. The maximum Gasteiger partial charge on any atom is 0.453 e. The molecular formula is C21H27F3N6O3. The number of hydrogen-bond donors (Lipinski definition) is 1. The second kappa shape index (κ2) is 9.14. The van der Waals surface area contributed by atoms with Crippen LogP contribution in [0.1, 0.15) is 57.7 Å². The number of aromatic nitrogens is 4. The van der Waals surface area contributed by atoms with Gasteiger partial charge in [-0.15, -0.1) is 15.3 Å². The summed E-state index contributed by atoms with van der Waals surface area (Å²) >= 11 is 0. The van der Waals surface area contributed by atoms with E-state index >= 15 is 0 Å². The third kappa shape index (κ3) is 4.74. The molecular weight excluding hydrogens is 441 g/mol. The molecule has 180 valence electrons. The number of fused-ring (bicyclic) bond motifs is 1. The van der Waals surface area contributed by atoms with Crippen molar-refractivity contribution in [2.24, 2.45) is 5.92 Å². The van der Waals surface area contributed by atoms with Gasteiger partial charge < -0.3 is 15.0 Å². The Morgan fingerprint density at radius 2 is 1.85 bits per heavy atom. The van der Waals surface area contributed by atoms with Gasteiger partial charge in [-0.3, -0.25) is 4.79 Å². The lowest BCUT2D eigenvalue weighted by Crippen LogP contribution is -2.58. The fourth-order valence-corrected chi connectivity index (χ4v) is 4.64. The van der Waals surface area contributed by atoms with Gasteiger partial charge >= 0.3 is 12.1 Å². The number of ether oxygens (including phenoxy) is 1. The van der Waals surface area contributed by atoms with Crippen LogP contribution in [0.25, 0.3) is 5.65 Å². The molecule has 12 heteroatoms. The van der Waals surface area contributed by atoms with Crippen LogP contribution in [0.4, 0.5) is 19.0 Å². The number of nitrogens with zero attached hydrogens (tertiary/aromatic N) is 5. The van der Waals surface area contributed by atoms with Crippen LogP contribution >= 0.6 is 0 Å². The van der Waals surface area contributed by atoms with Gasteiger partial charge in [-0.25, -0.2) is 4.79 Å². The highest BCUT2D eigenvalue weighted by Gasteiger charge is 2.43. The first-order valence-corrected chi connectivity index (χ1v) is 11.3. The number of rotatable bonds is 5. The summed E-state index contributed by atoms with van der Waals surface area (Å²) in [7, 11) is 0. The number of amides is 1. The number of piperidine rings is 1. The third-order valence-corrected chi connectivity index (χ3v) is 6.43. The minimum absolute atomic E-state index is 0.0112. The highest BCUT2D eigenvalue weighted by molar-refractivity contribution is 5.89. The Kier molecular flexibility index (Phi) is 6.44. The predicted octanol–water partition coefficient (Wildman–Crippen LogP) is 2.74. The molecule has 9 nitrogen and oxygen atoms in total. The summed E-state index contributed by atoms with van der Waals surface area (Å²) < 4.78 is 45.4. The number of carbonyl (C=O) groups excluding carboxylic acids is 2. The van der Waals surface area contributed by atoms with Gasteiger partial charge in [0.25, 0.3) is 5.82 Å². The van der Waals surface area contributed by atoms with Crippen molar-refractivity contribution in [2.45, 2.75) is 63.6 Å². The average molecular weight is 468 g/mol. The summed E-state index contributed by atoms with van der Waals surface area (Å²) in [6.07, 6.45) is 0.210. The Hall–Kier alpha value is -2.92. The van der Waals surface area contributed by atoms with Gasteiger partial charge in [-0.05, 0) is 44.7 Å². The van der Waals surface area contributed by atoms with Crippen LogP contribution in [-0.4, -0.2) is 56.9 Å².